The van der Waals surface area contributed by atoms with Crippen molar-refractivity contribution in [3.05, 3.63) is 52.8 Å². The summed E-state index contributed by atoms with van der Waals surface area (Å²) in [4.78, 5) is 15.4. The van der Waals surface area contributed by atoms with Crippen LogP contribution in [0.15, 0.2) is 47.6 Å². The molecule has 10 heteroatoms. The number of hydrogen-bond acceptors (Lipinski definition) is 7. The zero-order chi connectivity index (χ0) is 15.2. The van der Waals surface area contributed by atoms with Crippen molar-refractivity contribution in [1.82, 2.24) is 4.98 Å². The average Bonchev–Trinajstić information content (AvgIpc) is 2.39. The van der Waals surface area contributed by atoms with Crippen molar-refractivity contribution in [1.29, 1.82) is 0 Å². The van der Waals surface area contributed by atoms with Crippen LogP contribution >= 0.6 is 0 Å². The maximum atomic E-state index is 10.4. The first-order chi connectivity index (χ1) is 9.30. The van der Waals surface area contributed by atoms with E-state index in [2.05, 4.69) is 9.97 Å². The Bertz CT molecular complexity index is 673. The van der Waals surface area contributed by atoms with Crippen LogP contribution in [0.25, 0.3) is 0 Å². The van der Waals surface area contributed by atoms with E-state index in [1.54, 1.807) is 18.5 Å². The van der Waals surface area contributed by atoms with E-state index in [0.29, 0.717) is 5.95 Å². The average molecular weight is 298 g/mol. The van der Waals surface area contributed by atoms with Crippen molar-refractivity contribution in [2.24, 2.45) is 0 Å². The van der Waals surface area contributed by atoms with Crippen LogP contribution < -0.4 is 10.7 Å². The van der Waals surface area contributed by atoms with Crippen LogP contribution in [0.4, 0.5) is 11.6 Å². The number of non-ortho nitro benzene ring substituents is 1. The van der Waals surface area contributed by atoms with Crippen molar-refractivity contribution in [2.75, 3.05) is 5.73 Å². The molecule has 0 saturated carbocycles. The van der Waals surface area contributed by atoms with Gasteiger partial charge in [0.05, 0.1) is 16.0 Å². The van der Waals surface area contributed by atoms with Gasteiger partial charge in [-0.2, -0.15) is 0 Å². The quantitative estimate of drug-likeness (QED) is 0.464. The fraction of sp³-hybridized carbons (Fsp3) is 0. The number of nitrogens with one attached hydrogen (secondary N) is 1. The highest BCUT2D eigenvalue weighted by Gasteiger charge is 2.06. The molecule has 106 valence electrons. The van der Waals surface area contributed by atoms with Gasteiger partial charge in [0, 0.05) is 18.2 Å². The highest BCUT2D eigenvalue weighted by atomic mass is 32.2. The van der Waals surface area contributed by atoms with Gasteiger partial charge in [0.25, 0.3) is 5.69 Å². The van der Waals surface area contributed by atoms with E-state index in [1.807, 2.05) is 0 Å². The van der Waals surface area contributed by atoms with Gasteiger partial charge in [0.1, 0.15) is 16.3 Å². The molecule has 0 fully saturated rings. The van der Waals surface area contributed by atoms with Gasteiger partial charge in [0.2, 0.25) is 0 Å². The predicted molar refractivity (Wildman–Crippen MR) is 66.3 cm³/mol. The lowest BCUT2D eigenvalue weighted by atomic mass is 10.3. The number of aromatic nitrogens is 2. The largest absolute Gasteiger partial charge is 0.744 e. The Hall–Kier alpha value is -2.59. The van der Waals surface area contributed by atoms with Crippen LogP contribution in [-0.4, -0.2) is 22.9 Å². The van der Waals surface area contributed by atoms with Crippen molar-refractivity contribution in [2.45, 2.75) is 4.90 Å². The summed E-state index contributed by atoms with van der Waals surface area (Å²) in [7, 11) is -4.52. The molecule has 0 amide bonds. The first-order valence-electron chi connectivity index (χ1n) is 5.09. The minimum Gasteiger partial charge on any atom is -0.744 e. The molecule has 0 radical (unpaired) electrons. The number of nitrogen functional groups attached to an aromatic ring is 1. The molecule has 0 atom stereocenters. The summed E-state index contributed by atoms with van der Waals surface area (Å²) in [5.74, 6) is 0.447. The van der Waals surface area contributed by atoms with Gasteiger partial charge < -0.3 is 4.55 Å². The molecular formula is C10H10N4O5S. The molecule has 9 nitrogen and oxygen atoms in total. The Kier molecular flexibility index (Phi) is 5.06. The fourth-order valence-corrected chi connectivity index (χ4v) is 1.54. The third-order valence-electron chi connectivity index (χ3n) is 1.96. The van der Waals surface area contributed by atoms with Crippen LogP contribution in [-0.2, 0) is 10.1 Å². The molecular weight excluding hydrogens is 288 g/mol. The van der Waals surface area contributed by atoms with Crippen molar-refractivity contribution >= 4 is 21.8 Å². The molecule has 1 heterocycles. The predicted octanol–water partition coefficient (Wildman–Crippen LogP) is -0.0232. The molecule has 0 bridgehead atoms. The molecule has 0 aliphatic rings. The number of nitro benzene ring substituents is 1. The maximum Gasteiger partial charge on any atom is 0.386 e. The first-order valence-corrected chi connectivity index (χ1v) is 6.50. The SMILES string of the molecule is Nc1nccc[nH+]1.O=[N+]([O-])c1ccc(S(=O)(=O)[O-])cc1. The van der Waals surface area contributed by atoms with Crippen LogP contribution in [0.5, 0.6) is 0 Å². The molecule has 20 heavy (non-hydrogen) atoms. The minimum absolute atomic E-state index is 0.257. The summed E-state index contributed by atoms with van der Waals surface area (Å²) in [5, 5.41) is 10.1. The lowest BCUT2D eigenvalue weighted by Gasteiger charge is -2.04. The molecule has 2 rings (SSSR count). The van der Waals surface area contributed by atoms with E-state index in [0.717, 1.165) is 24.3 Å². The number of nitro groups is 1. The van der Waals surface area contributed by atoms with E-state index in [1.165, 1.54) is 0 Å². The molecule has 0 saturated heterocycles. The Labute approximate surface area is 114 Å². The molecule has 3 N–H and O–H groups in total. The Morgan fingerprint density at radius 2 is 1.85 bits per heavy atom. The molecule has 0 spiro atoms. The molecule has 0 unspecified atom stereocenters. The van der Waals surface area contributed by atoms with Crippen molar-refractivity contribution in [3.8, 4) is 0 Å². The number of hydrogen-bond donors (Lipinski definition) is 1. The molecule has 0 aliphatic carbocycles. The van der Waals surface area contributed by atoms with Crippen LogP contribution in [0.1, 0.15) is 0 Å². The molecule has 1 aromatic heterocycles. The van der Waals surface area contributed by atoms with Crippen molar-refractivity contribution in [3.63, 3.8) is 0 Å². The number of benzene rings is 1. The van der Waals surface area contributed by atoms with Gasteiger partial charge in [0.15, 0.2) is 0 Å². The molecule has 0 aliphatic heterocycles. The summed E-state index contributed by atoms with van der Waals surface area (Å²) in [6, 6.07) is 5.51. The van der Waals surface area contributed by atoms with E-state index in [9.17, 15) is 23.1 Å². The number of H-pyrrole nitrogens is 1. The third-order valence-corrected chi connectivity index (χ3v) is 2.81. The normalized spacial score (nSPS) is 10.2. The fourth-order valence-electron chi connectivity index (χ4n) is 1.07. The van der Waals surface area contributed by atoms with E-state index < -0.39 is 19.9 Å². The summed E-state index contributed by atoms with van der Waals surface area (Å²) >= 11 is 0. The number of anilines is 1. The highest BCUT2D eigenvalue weighted by Crippen LogP contribution is 2.14. The summed E-state index contributed by atoms with van der Waals surface area (Å²) < 4.78 is 31.2. The molecule has 2 aromatic rings. The van der Waals surface area contributed by atoms with Crippen LogP contribution in [0.3, 0.4) is 0 Å². The Morgan fingerprint density at radius 3 is 2.15 bits per heavy atom. The van der Waals surface area contributed by atoms with Gasteiger partial charge in [-0.15, -0.1) is 0 Å². The van der Waals surface area contributed by atoms with Crippen LogP contribution in [0, 0.1) is 10.1 Å². The van der Waals surface area contributed by atoms with Gasteiger partial charge in [-0.3, -0.25) is 15.8 Å². The number of nitrogens with zero attached hydrogens (tertiary/aromatic N) is 2. The Morgan fingerprint density at radius 1 is 1.25 bits per heavy atom. The zero-order valence-corrected chi connectivity index (χ0v) is 10.8. The maximum absolute atomic E-state index is 10.4. The number of rotatable bonds is 2. The summed E-state index contributed by atoms with van der Waals surface area (Å²) in [5.41, 5.74) is 4.93. The number of nitrogens with two attached hydrogens (primary N) is 1. The standard InChI is InChI=1S/C6H5NO5S.C4H5N3/c8-7(9)5-1-3-6(4-2-5)13(10,11)12;5-4-6-2-1-3-7-4/h1-4H,(H,10,11,12);1-3H,(H2,5,6,7). The van der Waals surface area contributed by atoms with Crippen molar-refractivity contribution < 1.29 is 22.9 Å². The lowest BCUT2D eigenvalue weighted by molar-refractivity contribution is -0.384. The van der Waals surface area contributed by atoms with Crippen LogP contribution in [0.2, 0.25) is 0 Å². The lowest BCUT2D eigenvalue weighted by Crippen LogP contribution is -2.09. The van der Waals surface area contributed by atoms with E-state index >= 15 is 0 Å². The minimum atomic E-state index is -4.52. The monoisotopic (exact) mass is 298 g/mol. The summed E-state index contributed by atoms with van der Waals surface area (Å²) in [6.45, 7) is 0. The van der Waals surface area contributed by atoms with Gasteiger partial charge in [-0.1, -0.05) is 4.98 Å². The molecule has 1 aromatic carbocycles. The zero-order valence-electron chi connectivity index (χ0n) is 9.96. The van der Waals surface area contributed by atoms with Gasteiger partial charge in [-0.25, -0.2) is 13.4 Å². The smallest absolute Gasteiger partial charge is 0.386 e. The van der Waals surface area contributed by atoms with Gasteiger partial charge in [-0.05, 0) is 12.1 Å². The van der Waals surface area contributed by atoms with E-state index in [-0.39, 0.29) is 5.69 Å². The topological polar surface area (TPSA) is 153 Å². The Balaban J connectivity index is 0.000000240. The number of aromatic amines is 1. The van der Waals surface area contributed by atoms with Gasteiger partial charge >= 0.3 is 5.95 Å². The second kappa shape index (κ2) is 6.54. The second-order valence-electron chi connectivity index (χ2n) is 3.37. The third kappa shape index (κ3) is 4.96. The second-order valence-corrected chi connectivity index (χ2v) is 4.75. The first kappa shape index (κ1) is 15.5. The van der Waals surface area contributed by atoms with E-state index in [4.69, 9.17) is 5.73 Å². The highest BCUT2D eigenvalue weighted by molar-refractivity contribution is 7.85. The summed E-state index contributed by atoms with van der Waals surface area (Å²) in [6.07, 6.45) is 3.36.